The summed E-state index contributed by atoms with van der Waals surface area (Å²) in [6.45, 7) is 3.70. The van der Waals surface area contributed by atoms with E-state index in [1.165, 1.54) is 0 Å². The molecule has 2 heteroatoms. The van der Waals surface area contributed by atoms with E-state index in [-0.39, 0.29) is 0 Å². The number of fused-ring (bicyclic) bond motifs is 1. The topological polar surface area (TPSA) is 20.2 Å². The highest BCUT2D eigenvalue weighted by Crippen LogP contribution is 2.29. The molecule has 0 spiro atoms. The van der Waals surface area contributed by atoms with Crippen LogP contribution in [-0.4, -0.2) is 5.11 Å². The Kier molecular flexibility index (Phi) is 1.62. The number of rotatable bonds is 1. The van der Waals surface area contributed by atoms with Crippen molar-refractivity contribution in [1.82, 2.24) is 0 Å². The van der Waals surface area contributed by atoms with E-state index in [0.717, 1.165) is 15.6 Å². The number of phenolic OH excluding ortho intramolecular Hbond substituents is 1. The van der Waals surface area contributed by atoms with Gasteiger partial charge in [0.05, 0.1) is 0 Å². The highest BCUT2D eigenvalue weighted by molar-refractivity contribution is 7.17. The average Bonchev–Trinajstić information content (AvgIpc) is 2.50. The largest absolute Gasteiger partial charge is 0.508 e. The zero-order valence-electron chi connectivity index (χ0n) is 6.45. The third kappa shape index (κ3) is 1.01. The molecule has 0 amide bonds. The van der Waals surface area contributed by atoms with Gasteiger partial charge in [-0.2, -0.15) is 0 Å². The molecule has 0 fully saturated rings. The molecule has 0 aliphatic rings. The van der Waals surface area contributed by atoms with Crippen LogP contribution >= 0.6 is 11.3 Å². The monoisotopic (exact) mass is 176 g/mol. The van der Waals surface area contributed by atoms with E-state index in [2.05, 4.69) is 6.58 Å². The maximum absolute atomic E-state index is 9.32. The summed E-state index contributed by atoms with van der Waals surface area (Å²) in [4.78, 5) is 0. The van der Waals surface area contributed by atoms with Gasteiger partial charge in [0.15, 0.2) is 0 Å². The molecule has 0 saturated carbocycles. The fraction of sp³-hybridized carbons (Fsp3) is 0. The summed E-state index contributed by atoms with van der Waals surface area (Å²) >= 11 is 1.62. The van der Waals surface area contributed by atoms with E-state index in [1.807, 2.05) is 11.4 Å². The Morgan fingerprint density at radius 1 is 1.42 bits per heavy atom. The fourth-order valence-corrected chi connectivity index (χ4v) is 2.11. The number of benzene rings is 1. The molecule has 0 aliphatic heterocycles. The van der Waals surface area contributed by atoms with Gasteiger partial charge in [-0.25, -0.2) is 0 Å². The average molecular weight is 176 g/mol. The van der Waals surface area contributed by atoms with E-state index < -0.39 is 0 Å². The summed E-state index contributed by atoms with van der Waals surface area (Å²) in [7, 11) is 0. The predicted octanol–water partition coefficient (Wildman–Crippen LogP) is 3.25. The molecule has 1 nitrogen and oxygen atoms in total. The third-order valence-corrected chi connectivity index (χ3v) is 2.67. The Morgan fingerprint density at radius 2 is 2.25 bits per heavy atom. The predicted molar refractivity (Wildman–Crippen MR) is 53.6 cm³/mol. The van der Waals surface area contributed by atoms with Crippen molar-refractivity contribution in [3.63, 3.8) is 0 Å². The first-order chi connectivity index (χ1) is 5.81. The minimum absolute atomic E-state index is 0.305. The maximum Gasteiger partial charge on any atom is 0.117 e. The summed E-state index contributed by atoms with van der Waals surface area (Å²) < 4.78 is 1.10. The van der Waals surface area contributed by atoms with Crippen molar-refractivity contribution in [2.24, 2.45) is 0 Å². The highest BCUT2D eigenvalue weighted by Gasteiger charge is 2.00. The van der Waals surface area contributed by atoms with Crippen molar-refractivity contribution in [3.8, 4) is 5.75 Å². The fourth-order valence-electron chi connectivity index (χ4n) is 1.25. The van der Waals surface area contributed by atoms with Gasteiger partial charge in [-0.15, -0.1) is 11.3 Å². The summed E-state index contributed by atoms with van der Waals surface area (Å²) in [6, 6.07) is 5.53. The minimum atomic E-state index is 0.305. The van der Waals surface area contributed by atoms with E-state index in [1.54, 1.807) is 29.5 Å². The van der Waals surface area contributed by atoms with Crippen molar-refractivity contribution < 1.29 is 5.11 Å². The second kappa shape index (κ2) is 2.64. The lowest BCUT2D eigenvalue weighted by atomic mass is 10.1. The van der Waals surface area contributed by atoms with Crippen LogP contribution in [0.1, 0.15) is 5.56 Å². The van der Waals surface area contributed by atoms with Crippen LogP contribution in [0.15, 0.2) is 30.2 Å². The first-order valence-electron chi connectivity index (χ1n) is 3.64. The van der Waals surface area contributed by atoms with Gasteiger partial charge in [-0.1, -0.05) is 12.7 Å². The zero-order chi connectivity index (χ0) is 8.55. The van der Waals surface area contributed by atoms with Crippen molar-refractivity contribution >= 4 is 27.5 Å². The van der Waals surface area contributed by atoms with Crippen LogP contribution in [0.2, 0.25) is 0 Å². The second-order valence-corrected chi connectivity index (χ2v) is 3.52. The third-order valence-electron chi connectivity index (χ3n) is 1.81. The van der Waals surface area contributed by atoms with Gasteiger partial charge in [0.2, 0.25) is 0 Å². The molecule has 1 aromatic heterocycles. The van der Waals surface area contributed by atoms with Crippen LogP contribution in [0.4, 0.5) is 0 Å². The van der Waals surface area contributed by atoms with Crippen molar-refractivity contribution in [3.05, 3.63) is 35.7 Å². The summed E-state index contributed by atoms with van der Waals surface area (Å²) in [5.74, 6) is 0.305. The molecule has 1 N–H and O–H groups in total. The standard InChI is InChI=1S/C10H8OS/c1-2-7-5-8(11)6-10-9(7)3-4-12-10/h2-6,11H,1H2. The number of hydrogen-bond acceptors (Lipinski definition) is 2. The summed E-state index contributed by atoms with van der Waals surface area (Å²) in [5.41, 5.74) is 0.992. The van der Waals surface area contributed by atoms with Gasteiger partial charge in [-0.05, 0) is 34.5 Å². The molecule has 0 unspecified atom stereocenters. The molecule has 12 heavy (non-hydrogen) atoms. The molecule has 0 bridgehead atoms. The Morgan fingerprint density at radius 3 is 3.00 bits per heavy atom. The van der Waals surface area contributed by atoms with Crippen LogP contribution in [0.3, 0.4) is 0 Å². The first kappa shape index (κ1) is 7.37. The van der Waals surface area contributed by atoms with Crippen LogP contribution in [0, 0.1) is 0 Å². The molecular formula is C10H8OS. The second-order valence-electron chi connectivity index (χ2n) is 2.57. The quantitative estimate of drug-likeness (QED) is 0.707. The summed E-state index contributed by atoms with van der Waals surface area (Å²) in [6.07, 6.45) is 1.76. The van der Waals surface area contributed by atoms with Gasteiger partial charge >= 0.3 is 0 Å². The van der Waals surface area contributed by atoms with E-state index in [9.17, 15) is 5.11 Å². The lowest BCUT2D eigenvalue weighted by Gasteiger charge is -1.97. The Bertz CT molecular complexity index is 428. The molecule has 60 valence electrons. The molecule has 2 aromatic rings. The smallest absolute Gasteiger partial charge is 0.117 e. The minimum Gasteiger partial charge on any atom is -0.508 e. The van der Waals surface area contributed by atoms with E-state index >= 15 is 0 Å². The lowest BCUT2D eigenvalue weighted by Crippen LogP contribution is -1.72. The number of aromatic hydroxyl groups is 1. The Labute approximate surface area is 74.6 Å². The van der Waals surface area contributed by atoms with Gasteiger partial charge in [0.25, 0.3) is 0 Å². The molecule has 1 heterocycles. The van der Waals surface area contributed by atoms with Crippen LogP contribution in [-0.2, 0) is 0 Å². The molecular weight excluding hydrogens is 168 g/mol. The molecule has 1 aromatic carbocycles. The number of thiophene rings is 1. The molecule has 0 saturated heterocycles. The van der Waals surface area contributed by atoms with Crippen LogP contribution in [0.25, 0.3) is 16.2 Å². The number of hydrogen-bond donors (Lipinski definition) is 1. The summed E-state index contributed by atoms with van der Waals surface area (Å²) in [5, 5.41) is 12.5. The lowest BCUT2D eigenvalue weighted by molar-refractivity contribution is 0.476. The molecule has 0 atom stereocenters. The van der Waals surface area contributed by atoms with E-state index in [4.69, 9.17) is 0 Å². The van der Waals surface area contributed by atoms with Gasteiger partial charge in [0, 0.05) is 4.70 Å². The van der Waals surface area contributed by atoms with Crippen LogP contribution in [0.5, 0.6) is 5.75 Å². The van der Waals surface area contributed by atoms with Crippen molar-refractivity contribution in [2.75, 3.05) is 0 Å². The maximum atomic E-state index is 9.32. The van der Waals surface area contributed by atoms with E-state index in [0.29, 0.717) is 5.75 Å². The normalized spacial score (nSPS) is 10.3. The zero-order valence-corrected chi connectivity index (χ0v) is 7.27. The van der Waals surface area contributed by atoms with Crippen LogP contribution < -0.4 is 0 Å². The Balaban J connectivity index is 2.88. The number of phenols is 1. The molecule has 2 rings (SSSR count). The molecule has 0 radical (unpaired) electrons. The SMILES string of the molecule is C=Cc1cc(O)cc2sccc12. The van der Waals surface area contributed by atoms with Crippen molar-refractivity contribution in [2.45, 2.75) is 0 Å². The highest BCUT2D eigenvalue weighted by atomic mass is 32.1. The Hall–Kier alpha value is -1.28. The van der Waals surface area contributed by atoms with Crippen molar-refractivity contribution in [1.29, 1.82) is 0 Å². The first-order valence-corrected chi connectivity index (χ1v) is 4.52. The van der Waals surface area contributed by atoms with Gasteiger partial charge in [0.1, 0.15) is 5.75 Å². The van der Waals surface area contributed by atoms with Gasteiger partial charge < -0.3 is 5.11 Å². The van der Waals surface area contributed by atoms with Gasteiger partial charge in [-0.3, -0.25) is 0 Å². The molecule has 0 aliphatic carbocycles.